The Morgan fingerprint density at radius 1 is 1.21 bits per heavy atom. The second-order valence-corrected chi connectivity index (χ2v) is 5.62. The largest absolute Gasteiger partial charge is 0.361 e. The molecule has 96 valence electrons. The van der Waals surface area contributed by atoms with E-state index in [2.05, 4.69) is 10.3 Å². The van der Waals surface area contributed by atoms with Crippen LogP contribution in [0.25, 0.3) is 16.5 Å². The van der Waals surface area contributed by atoms with Crippen LogP contribution in [0.3, 0.4) is 0 Å². The Hall–Kier alpha value is -2.21. The zero-order chi connectivity index (χ0) is 13.6. The molecule has 0 spiro atoms. The molecule has 2 aromatic rings. The van der Waals surface area contributed by atoms with Gasteiger partial charge in [0.1, 0.15) is 0 Å². The third-order valence-corrected chi connectivity index (χ3v) is 3.95. The highest BCUT2D eigenvalue weighted by atomic mass is 32.2. The summed E-state index contributed by atoms with van der Waals surface area (Å²) in [5.41, 5.74) is 1.80. The van der Waals surface area contributed by atoms with Crippen molar-refractivity contribution in [2.24, 2.45) is 0 Å². The molecule has 0 aliphatic carbocycles. The molecule has 1 aromatic carbocycles. The normalized spacial score (nSPS) is 16.6. The third kappa shape index (κ3) is 1.90. The molecule has 6 heteroatoms. The van der Waals surface area contributed by atoms with E-state index in [0.717, 1.165) is 10.9 Å². The molecule has 1 unspecified atom stereocenters. The van der Waals surface area contributed by atoms with Crippen LogP contribution in [0.1, 0.15) is 5.56 Å². The predicted octanol–water partition coefficient (Wildman–Crippen LogP) is 0.945. The summed E-state index contributed by atoms with van der Waals surface area (Å²) in [6.45, 7) is 0. The van der Waals surface area contributed by atoms with Crippen molar-refractivity contribution in [2.45, 2.75) is 4.90 Å². The number of hydrogen-bond acceptors (Lipinski definition) is 3. The van der Waals surface area contributed by atoms with E-state index in [0.29, 0.717) is 16.0 Å². The minimum atomic E-state index is -1.10. The summed E-state index contributed by atoms with van der Waals surface area (Å²) in [6, 6.07) is 5.35. The number of amides is 2. The average Bonchev–Trinajstić information content (AvgIpc) is 2.91. The maximum Gasteiger partial charge on any atom is 0.258 e. The number of carbonyl (C=O) groups is 2. The summed E-state index contributed by atoms with van der Waals surface area (Å²) in [6.07, 6.45) is 4.55. The molecule has 5 nitrogen and oxygen atoms in total. The smallest absolute Gasteiger partial charge is 0.258 e. The zero-order valence-corrected chi connectivity index (χ0v) is 10.8. The maximum absolute atomic E-state index is 11.7. The van der Waals surface area contributed by atoms with Gasteiger partial charge in [0.25, 0.3) is 11.8 Å². The molecule has 0 saturated heterocycles. The molecule has 3 rings (SSSR count). The highest BCUT2D eigenvalue weighted by Gasteiger charge is 2.24. The third-order valence-electron chi connectivity index (χ3n) is 3.03. The minimum Gasteiger partial charge on any atom is -0.361 e. The summed E-state index contributed by atoms with van der Waals surface area (Å²) in [5, 5.41) is 2.99. The first-order valence-electron chi connectivity index (χ1n) is 5.58. The molecular weight excluding hydrogens is 264 g/mol. The lowest BCUT2D eigenvalue weighted by Crippen LogP contribution is -2.21. The van der Waals surface area contributed by atoms with E-state index < -0.39 is 22.6 Å². The molecule has 1 aliphatic heterocycles. The second kappa shape index (κ2) is 4.17. The molecule has 1 aliphatic rings. The quantitative estimate of drug-likeness (QED) is 0.800. The van der Waals surface area contributed by atoms with Crippen molar-refractivity contribution in [1.82, 2.24) is 10.3 Å². The second-order valence-electron chi connectivity index (χ2n) is 4.24. The van der Waals surface area contributed by atoms with Gasteiger partial charge < -0.3 is 4.98 Å². The molecule has 2 N–H and O–H groups in total. The SMILES string of the molecule is CS(=O)c1ccc2[nH]cc(C3=CC(=O)NC3=O)c2c1. The first-order valence-corrected chi connectivity index (χ1v) is 7.14. The van der Waals surface area contributed by atoms with Gasteiger partial charge in [0.15, 0.2) is 0 Å². The molecule has 0 radical (unpaired) electrons. The molecule has 0 saturated carbocycles. The maximum atomic E-state index is 11.7. The number of hydrogen-bond donors (Lipinski definition) is 2. The summed E-state index contributed by atoms with van der Waals surface area (Å²) < 4.78 is 11.5. The molecule has 0 fully saturated rings. The van der Waals surface area contributed by atoms with E-state index in [1.807, 2.05) is 6.07 Å². The molecular formula is C13H10N2O3S. The van der Waals surface area contributed by atoms with Gasteiger partial charge in [-0.15, -0.1) is 0 Å². The summed E-state index contributed by atoms with van der Waals surface area (Å²) >= 11 is 0. The first-order chi connectivity index (χ1) is 9.06. The van der Waals surface area contributed by atoms with Gasteiger partial charge in [-0.2, -0.15) is 0 Å². The fraction of sp³-hybridized carbons (Fsp3) is 0.0769. The Morgan fingerprint density at radius 3 is 2.63 bits per heavy atom. The number of nitrogens with one attached hydrogen (secondary N) is 2. The van der Waals surface area contributed by atoms with Crippen molar-refractivity contribution >= 4 is 39.1 Å². The van der Waals surface area contributed by atoms with Crippen LogP contribution in [0.5, 0.6) is 0 Å². The van der Waals surface area contributed by atoms with Crippen LogP contribution in [0, 0.1) is 0 Å². The van der Waals surface area contributed by atoms with E-state index in [4.69, 9.17) is 0 Å². The van der Waals surface area contributed by atoms with Crippen LogP contribution in [0.15, 0.2) is 35.4 Å². The van der Waals surface area contributed by atoms with Gasteiger partial charge in [-0.1, -0.05) is 0 Å². The van der Waals surface area contributed by atoms with Crippen LogP contribution in [-0.2, 0) is 20.4 Å². The van der Waals surface area contributed by atoms with Gasteiger partial charge >= 0.3 is 0 Å². The fourth-order valence-corrected chi connectivity index (χ4v) is 2.66. The summed E-state index contributed by atoms with van der Waals surface area (Å²) in [4.78, 5) is 26.6. The van der Waals surface area contributed by atoms with Crippen molar-refractivity contribution in [2.75, 3.05) is 6.26 Å². The number of benzene rings is 1. The summed E-state index contributed by atoms with van der Waals surface area (Å²) in [5.74, 6) is -0.821. The van der Waals surface area contributed by atoms with Gasteiger partial charge in [0.2, 0.25) is 0 Å². The highest BCUT2D eigenvalue weighted by molar-refractivity contribution is 7.84. The van der Waals surface area contributed by atoms with Crippen LogP contribution < -0.4 is 5.32 Å². The number of fused-ring (bicyclic) bond motifs is 1. The van der Waals surface area contributed by atoms with Gasteiger partial charge in [0.05, 0.1) is 5.57 Å². The van der Waals surface area contributed by atoms with Crippen molar-refractivity contribution in [1.29, 1.82) is 0 Å². The number of rotatable bonds is 2. The lowest BCUT2D eigenvalue weighted by atomic mass is 10.1. The molecule has 1 atom stereocenters. The monoisotopic (exact) mass is 274 g/mol. The number of carbonyl (C=O) groups excluding carboxylic acids is 2. The highest BCUT2D eigenvalue weighted by Crippen LogP contribution is 2.28. The zero-order valence-electron chi connectivity index (χ0n) is 10.0. The van der Waals surface area contributed by atoms with E-state index in [1.54, 1.807) is 24.6 Å². The number of aromatic amines is 1. The van der Waals surface area contributed by atoms with Crippen molar-refractivity contribution in [3.05, 3.63) is 36.0 Å². The van der Waals surface area contributed by atoms with E-state index in [-0.39, 0.29) is 0 Å². The average molecular weight is 274 g/mol. The molecule has 2 heterocycles. The lowest BCUT2D eigenvalue weighted by Gasteiger charge is -2.00. The Balaban J connectivity index is 2.22. The standard InChI is InChI=1S/C13H10N2O3S/c1-19(18)7-2-3-11-8(4-7)10(6-14-11)9-5-12(16)15-13(9)17/h2-6,14H,1H3,(H,15,16,17). The van der Waals surface area contributed by atoms with Gasteiger partial charge in [-0.25, -0.2) is 0 Å². The number of imide groups is 1. The van der Waals surface area contributed by atoms with Crippen LogP contribution in [-0.4, -0.2) is 27.3 Å². The van der Waals surface area contributed by atoms with Crippen LogP contribution >= 0.6 is 0 Å². The van der Waals surface area contributed by atoms with Gasteiger partial charge in [0, 0.05) is 50.7 Å². The molecule has 2 amide bonds. The van der Waals surface area contributed by atoms with E-state index in [1.165, 1.54) is 6.08 Å². The molecule has 1 aromatic heterocycles. The number of aromatic nitrogens is 1. The minimum absolute atomic E-state index is 0.329. The van der Waals surface area contributed by atoms with Crippen LogP contribution in [0.2, 0.25) is 0 Å². The van der Waals surface area contributed by atoms with Crippen molar-refractivity contribution < 1.29 is 13.8 Å². The topological polar surface area (TPSA) is 79.0 Å². The molecule has 0 bridgehead atoms. The Bertz CT molecular complexity index is 773. The lowest BCUT2D eigenvalue weighted by molar-refractivity contribution is -0.123. The van der Waals surface area contributed by atoms with Crippen molar-refractivity contribution in [3.63, 3.8) is 0 Å². The van der Waals surface area contributed by atoms with Gasteiger partial charge in [-0.3, -0.25) is 19.1 Å². The number of H-pyrrole nitrogens is 1. The van der Waals surface area contributed by atoms with Crippen molar-refractivity contribution in [3.8, 4) is 0 Å². The Kier molecular flexibility index (Phi) is 2.60. The Labute approximate surface area is 111 Å². The van der Waals surface area contributed by atoms with E-state index in [9.17, 15) is 13.8 Å². The Morgan fingerprint density at radius 2 is 2.00 bits per heavy atom. The first kappa shape index (κ1) is 11.9. The predicted molar refractivity (Wildman–Crippen MR) is 71.8 cm³/mol. The van der Waals surface area contributed by atoms with Gasteiger partial charge in [-0.05, 0) is 18.2 Å². The fourth-order valence-electron chi connectivity index (χ4n) is 2.11. The van der Waals surface area contributed by atoms with E-state index >= 15 is 0 Å². The molecule has 19 heavy (non-hydrogen) atoms. The van der Waals surface area contributed by atoms with Crippen LogP contribution in [0.4, 0.5) is 0 Å². The summed E-state index contributed by atoms with van der Waals surface area (Å²) in [7, 11) is -1.10.